The molecule has 0 unspecified atom stereocenters. The van der Waals surface area contributed by atoms with Crippen LogP contribution in [-0.4, -0.2) is 32.8 Å². The van der Waals surface area contributed by atoms with Crippen molar-refractivity contribution in [1.82, 2.24) is 5.32 Å². The number of rotatable bonds is 5. The number of benzene rings is 2. The lowest BCUT2D eigenvalue weighted by atomic mass is 10.1. The van der Waals surface area contributed by atoms with E-state index in [1.54, 1.807) is 12.1 Å². The van der Waals surface area contributed by atoms with Crippen LogP contribution < -0.4 is 25.3 Å². The highest BCUT2D eigenvalue weighted by Gasteiger charge is 2.20. The maximum Gasteiger partial charge on any atom is 0.251 e. The van der Waals surface area contributed by atoms with Crippen LogP contribution in [0.25, 0.3) is 0 Å². The van der Waals surface area contributed by atoms with Crippen molar-refractivity contribution in [2.75, 3.05) is 32.6 Å². The van der Waals surface area contributed by atoms with Gasteiger partial charge in [0.2, 0.25) is 5.75 Å². The fourth-order valence-electron chi connectivity index (χ4n) is 2.51. The summed E-state index contributed by atoms with van der Waals surface area (Å²) in [5.74, 6) is 1.39. The van der Waals surface area contributed by atoms with Crippen LogP contribution in [0.15, 0.2) is 36.4 Å². The second kappa shape index (κ2) is 7.12. The van der Waals surface area contributed by atoms with Crippen LogP contribution in [0.3, 0.4) is 0 Å². The van der Waals surface area contributed by atoms with Gasteiger partial charge < -0.3 is 25.3 Å². The van der Waals surface area contributed by atoms with Crippen LogP contribution in [0.2, 0.25) is 0 Å². The number of amides is 1. The molecule has 0 radical (unpaired) electrons. The molecule has 0 spiro atoms. The molecule has 0 bridgehead atoms. The van der Waals surface area contributed by atoms with Gasteiger partial charge in [-0.1, -0.05) is 12.1 Å². The molecule has 0 atom stereocenters. The maximum absolute atomic E-state index is 12.4. The van der Waals surface area contributed by atoms with Gasteiger partial charge in [0.1, 0.15) is 13.2 Å². The molecule has 6 heteroatoms. The lowest BCUT2D eigenvalue weighted by molar-refractivity contribution is 0.0952. The molecule has 6 nitrogen and oxygen atoms in total. The maximum atomic E-state index is 12.4. The largest absolute Gasteiger partial charge is 0.493 e. The fraction of sp³-hybridized carbons (Fsp3) is 0.278. The molecule has 1 heterocycles. The normalized spacial score (nSPS) is 12.5. The highest BCUT2D eigenvalue weighted by atomic mass is 16.6. The number of carbonyl (C=O) groups excluding carboxylic acids is 1. The first-order chi connectivity index (χ1) is 11.7. The van der Waals surface area contributed by atoms with Gasteiger partial charge in [-0.15, -0.1) is 0 Å². The summed E-state index contributed by atoms with van der Waals surface area (Å²) in [5, 5.41) is 2.90. The lowest BCUT2D eigenvalue weighted by Crippen LogP contribution is -2.26. The molecule has 1 amide bonds. The smallest absolute Gasteiger partial charge is 0.251 e. The third kappa shape index (κ3) is 3.53. The quantitative estimate of drug-likeness (QED) is 0.821. The summed E-state index contributed by atoms with van der Waals surface area (Å²) in [5.41, 5.74) is 7.98. The minimum atomic E-state index is -0.180. The monoisotopic (exact) mass is 328 g/mol. The molecule has 0 fully saturated rings. The summed E-state index contributed by atoms with van der Waals surface area (Å²) in [6.07, 6.45) is 0.730. The third-order valence-electron chi connectivity index (χ3n) is 3.77. The van der Waals surface area contributed by atoms with Crippen molar-refractivity contribution in [2.45, 2.75) is 6.42 Å². The first-order valence-corrected chi connectivity index (χ1v) is 7.77. The molecule has 0 aromatic heterocycles. The van der Waals surface area contributed by atoms with Crippen molar-refractivity contribution >= 4 is 11.6 Å². The van der Waals surface area contributed by atoms with E-state index in [4.69, 9.17) is 19.9 Å². The number of hydrogen-bond donors (Lipinski definition) is 2. The molecule has 2 aromatic carbocycles. The molecule has 0 aliphatic carbocycles. The van der Waals surface area contributed by atoms with Gasteiger partial charge in [0.05, 0.1) is 7.11 Å². The summed E-state index contributed by atoms with van der Waals surface area (Å²) in [4.78, 5) is 12.4. The van der Waals surface area contributed by atoms with Crippen LogP contribution in [0, 0.1) is 0 Å². The van der Waals surface area contributed by atoms with Gasteiger partial charge in [-0.25, -0.2) is 0 Å². The summed E-state index contributed by atoms with van der Waals surface area (Å²) >= 11 is 0. The fourth-order valence-corrected chi connectivity index (χ4v) is 2.51. The van der Waals surface area contributed by atoms with Crippen LogP contribution >= 0.6 is 0 Å². The van der Waals surface area contributed by atoms with Crippen molar-refractivity contribution in [1.29, 1.82) is 0 Å². The van der Waals surface area contributed by atoms with E-state index in [-0.39, 0.29) is 5.91 Å². The Labute approximate surface area is 140 Å². The third-order valence-corrected chi connectivity index (χ3v) is 3.77. The van der Waals surface area contributed by atoms with E-state index in [2.05, 4.69) is 5.32 Å². The summed E-state index contributed by atoms with van der Waals surface area (Å²) < 4.78 is 16.4. The molecular formula is C18H20N2O4. The van der Waals surface area contributed by atoms with E-state index in [1.165, 1.54) is 7.11 Å². The molecule has 126 valence electrons. The summed E-state index contributed by atoms with van der Waals surface area (Å²) in [6.45, 7) is 1.45. The molecule has 3 N–H and O–H groups in total. The van der Waals surface area contributed by atoms with Gasteiger partial charge >= 0.3 is 0 Å². The predicted octanol–water partition coefficient (Wildman–Crippen LogP) is 2.02. The zero-order valence-electron chi connectivity index (χ0n) is 13.5. The molecular weight excluding hydrogens is 308 g/mol. The van der Waals surface area contributed by atoms with Crippen LogP contribution in [0.4, 0.5) is 5.69 Å². The van der Waals surface area contributed by atoms with Gasteiger partial charge in [0.15, 0.2) is 11.5 Å². The van der Waals surface area contributed by atoms with Crippen molar-refractivity contribution in [3.05, 3.63) is 47.5 Å². The second-order valence-corrected chi connectivity index (χ2v) is 5.45. The number of nitrogen functional groups attached to an aromatic ring is 1. The van der Waals surface area contributed by atoms with Crippen LogP contribution in [0.5, 0.6) is 17.2 Å². The van der Waals surface area contributed by atoms with E-state index >= 15 is 0 Å². The summed E-state index contributed by atoms with van der Waals surface area (Å²) in [7, 11) is 1.54. The van der Waals surface area contributed by atoms with Gasteiger partial charge in [0.25, 0.3) is 5.91 Å². The first kappa shape index (κ1) is 16.0. The number of fused-ring (bicyclic) bond motifs is 1. The van der Waals surface area contributed by atoms with Crippen LogP contribution in [-0.2, 0) is 6.42 Å². The van der Waals surface area contributed by atoms with E-state index in [9.17, 15) is 4.79 Å². The Morgan fingerprint density at radius 3 is 2.71 bits per heavy atom. The molecule has 0 saturated heterocycles. The Morgan fingerprint density at radius 1 is 1.21 bits per heavy atom. The average molecular weight is 328 g/mol. The Bertz CT molecular complexity index is 711. The number of nitrogens with one attached hydrogen (secondary N) is 1. The number of hydrogen-bond acceptors (Lipinski definition) is 5. The minimum absolute atomic E-state index is 0.180. The number of anilines is 1. The van der Waals surface area contributed by atoms with Crippen molar-refractivity contribution in [2.24, 2.45) is 0 Å². The highest BCUT2D eigenvalue weighted by molar-refractivity contribution is 5.95. The lowest BCUT2D eigenvalue weighted by Gasteiger charge is -2.21. The predicted molar refractivity (Wildman–Crippen MR) is 90.9 cm³/mol. The van der Waals surface area contributed by atoms with Gasteiger partial charge in [0, 0.05) is 17.8 Å². The topological polar surface area (TPSA) is 82.8 Å². The van der Waals surface area contributed by atoms with Crippen molar-refractivity contribution in [3.63, 3.8) is 0 Å². The molecule has 0 saturated carbocycles. The standard InChI is InChI=1S/C18H20N2O4/c1-22-15-10-13(11-16-17(15)24-9-8-23-16)18(21)20-7-6-12-2-4-14(19)5-3-12/h2-5,10-11H,6-9,19H2,1H3,(H,20,21). The average Bonchev–Trinajstić information content (AvgIpc) is 2.62. The van der Waals surface area contributed by atoms with E-state index in [0.29, 0.717) is 42.6 Å². The van der Waals surface area contributed by atoms with Crippen LogP contribution in [0.1, 0.15) is 15.9 Å². The number of ether oxygens (including phenoxy) is 3. The molecule has 1 aliphatic heterocycles. The number of nitrogens with two attached hydrogens (primary N) is 1. The number of carbonyl (C=O) groups is 1. The number of methoxy groups -OCH3 is 1. The Kier molecular flexibility index (Phi) is 4.74. The van der Waals surface area contributed by atoms with Gasteiger partial charge in [-0.3, -0.25) is 4.79 Å². The highest BCUT2D eigenvalue weighted by Crippen LogP contribution is 2.40. The van der Waals surface area contributed by atoms with E-state index < -0.39 is 0 Å². The van der Waals surface area contributed by atoms with E-state index in [0.717, 1.165) is 17.7 Å². The molecule has 1 aliphatic rings. The minimum Gasteiger partial charge on any atom is -0.493 e. The Balaban J connectivity index is 1.65. The summed E-state index contributed by atoms with van der Waals surface area (Å²) in [6, 6.07) is 10.9. The second-order valence-electron chi connectivity index (χ2n) is 5.45. The molecule has 3 rings (SSSR count). The van der Waals surface area contributed by atoms with E-state index in [1.807, 2.05) is 24.3 Å². The zero-order chi connectivity index (χ0) is 16.9. The van der Waals surface area contributed by atoms with Crippen molar-refractivity contribution < 1.29 is 19.0 Å². The SMILES string of the molecule is COc1cc(C(=O)NCCc2ccc(N)cc2)cc2c1OCCO2. The Hall–Kier alpha value is -2.89. The molecule has 24 heavy (non-hydrogen) atoms. The van der Waals surface area contributed by atoms with Gasteiger partial charge in [-0.05, 0) is 36.2 Å². The first-order valence-electron chi connectivity index (χ1n) is 7.77. The van der Waals surface area contributed by atoms with Crippen molar-refractivity contribution in [3.8, 4) is 17.2 Å². The Morgan fingerprint density at radius 2 is 1.96 bits per heavy atom. The molecule has 2 aromatic rings. The van der Waals surface area contributed by atoms with Gasteiger partial charge in [-0.2, -0.15) is 0 Å². The zero-order valence-corrected chi connectivity index (χ0v) is 13.5.